The van der Waals surface area contributed by atoms with E-state index >= 15 is 0 Å². The second kappa shape index (κ2) is 7.13. The lowest BCUT2D eigenvalue weighted by Gasteiger charge is -2.03. The summed E-state index contributed by atoms with van der Waals surface area (Å²) >= 11 is 0. The standard InChI is InChI=1S/C11H14O2.CH4/c1-2-10-4-6-11(7-5-10)13-9-3-8-12;/h4-8H,2-3,9H2,1H3;1H4. The van der Waals surface area contributed by atoms with E-state index in [-0.39, 0.29) is 7.43 Å². The predicted octanol–water partition coefficient (Wildman–Crippen LogP) is 2.85. The first-order valence-corrected chi connectivity index (χ1v) is 4.52. The summed E-state index contributed by atoms with van der Waals surface area (Å²) in [4.78, 5) is 10.0. The Labute approximate surface area is 85.9 Å². The smallest absolute Gasteiger partial charge is 0.123 e. The van der Waals surface area contributed by atoms with Crippen LogP contribution >= 0.6 is 0 Å². The molecule has 0 saturated heterocycles. The van der Waals surface area contributed by atoms with Gasteiger partial charge in [0.1, 0.15) is 12.0 Å². The van der Waals surface area contributed by atoms with Gasteiger partial charge in [0, 0.05) is 6.42 Å². The highest BCUT2D eigenvalue weighted by Gasteiger charge is 1.93. The zero-order valence-electron chi connectivity index (χ0n) is 7.82. The molecule has 1 rings (SSSR count). The lowest BCUT2D eigenvalue weighted by Crippen LogP contribution is -1.97. The van der Waals surface area contributed by atoms with Crippen LogP contribution in [0.1, 0.15) is 26.3 Å². The Morgan fingerprint density at radius 2 is 1.93 bits per heavy atom. The molecule has 0 heterocycles. The molecule has 0 amide bonds. The Bertz CT molecular complexity index is 252. The highest BCUT2D eigenvalue weighted by molar-refractivity contribution is 5.49. The van der Waals surface area contributed by atoms with E-state index in [4.69, 9.17) is 4.74 Å². The van der Waals surface area contributed by atoms with Crippen molar-refractivity contribution in [1.29, 1.82) is 0 Å². The fourth-order valence-corrected chi connectivity index (χ4v) is 1.05. The molecule has 0 aliphatic rings. The topological polar surface area (TPSA) is 26.3 Å². The average Bonchev–Trinajstić information content (AvgIpc) is 2.19. The van der Waals surface area contributed by atoms with E-state index in [2.05, 4.69) is 6.92 Å². The van der Waals surface area contributed by atoms with E-state index in [1.165, 1.54) is 5.56 Å². The normalized spacial score (nSPS) is 8.93. The van der Waals surface area contributed by atoms with Gasteiger partial charge in [0.15, 0.2) is 0 Å². The fourth-order valence-electron chi connectivity index (χ4n) is 1.05. The number of hydrogen-bond acceptors (Lipinski definition) is 2. The van der Waals surface area contributed by atoms with Gasteiger partial charge in [-0.1, -0.05) is 26.5 Å². The minimum Gasteiger partial charge on any atom is -0.493 e. The summed E-state index contributed by atoms with van der Waals surface area (Å²) in [7, 11) is 0. The van der Waals surface area contributed by atoms with Gasteiger partial charge in [-0.25, -0.2) is 0 Å². The van der Waals surface area contributed by atoms with Crippen molar-refractivity contribution in [2.24, 2.45) is 0 Å². The number of benzene rings is 1. The van der Waals surface area contributed by atoms with Gasteiger partial charge in [-0.3, -0.25) is 0 Å². The molecule has 0 radical (unpaired) electrons. The van der Waals surface area contributed by atoms with Gasteiger partial charge < -0.3 is 9.53 Å². The van der Waals surface area contributed by atoms with Crippen molar-refractivity contribution in [1.82, 2.24) is 0 Å². The molecular formula is C12H18O2. The second-order valence-electron chi connectivity index (χ2n) is 2.80. The lowest BCUT2D eigenvalue weighted by molar-refractivity contribution is -0.108. The highest BCUT2D eigenvalue weighted by Crippen LogP contribution is 2.12. The lowest BCUT2D eigenvalue weighted by atomic mass is 10.2. The number of carbonyl (C=O) groups is 1. The zero-order valence-corrected chi connectivity index (χ0v) is 7.82. The van der Waals surface area contributed by atoms with Crippen LogP contribution in [0.4, 0.5) is 0 Å². The van der Waals surface area contributed by atoms with Crippen LogP contribution in [0.15, 0.2) is 24.3 Å². The molecule has 0 aliphatic carbocycles. The summed E-state index contributed by atoms with van der Waals surface area (Å²) in [6, 6.07) is 7.94. The van der Waals surface area contributed by atoms with Crippen molar-refractivity contribution < 1.29 is 9.53 Å². The number of rotatable bonds is 5. The number of aldehydes is 1. The van der Waals surface area contributed by atoms with Crippen LogP contribution in [0.25, 0.3) is 0 Å². The van der Waals surface area contributed by atoms with Gasteiger partial charge in [-0.15, -0.1) is 0 Å². The molecule has 2 heteroatoms. The molecule has 0 fully saturated rings. The van der Waals surface area contributed by atoms with Crippen molar-refractivity contribution in [2.45, 2.75) is 27.2 Å². The van der Waals surface area contributed by atoms with Crippen LogP contribution in [0.5, 0.6) is 5.75 Å². The second-order valence-corrected chi connectivity index (χ2v) is 2.80. The summed E-state index contributed by atoms with van der Waals surface area (Å²) in [5.74, 6) is 0.832. The van der Waals surface area contributed by atoms with Crippen LogP contribution in [0, 0.1) is 0 Å². The summed E-state index contributed by atoms with van der Waals surface area (Å²) in [5.41, 5.74) is 1.29. The predicted molar refractivity (Wildman–Crippen MR) is 58.7 cm³/mol. The molecule has 0 atom stereocenters. The first-order valence-electron chi connectivity index (χ1n) is 4.52. The van der Waals surface area contributed by atoms with Crippen LogP contribution in [0.2, 0.25) is 0 Å². The molecule has 0 aliphatic heterocycles. The minimum absolute atomic E-state index is 0. The van der Waals surface area contributed by atoms with Crippen LogP contribution in [-0.4, -0.2) is 12.9 Å². The van der Waals surface area contributed by atoms with Gasteiger partial charge >= 0.3 is 0 Å². The van der Waals surface area contributed by atoms with Crippen molar-refractivity contribution in [3.63, 3.8) is 0 Å². The third kappa shape index (κ3) is 4.08. The number of ether oxygens (including phenoxy) is 1. The van der Waals surface area contributed by atoms with E-state index in [9.17, 15) is 4.79 Å². The number of aryl methyl sites for hydroxylation is 1. The minimum atomic E-state index is 0. The molecule has 1 aromatic carbocycles. The molecule has 2 nitrogen and oxygen atoms in total. The zero-order chi connectivity index (χ0) is 9.52. The number of carbonyl (C=O) groups excluding carboxylic acids is 1. The molecule has 0 N–H and O–H groups in total. The average molecular weight is 194 g/mol. The Morgan fingerprint density at radius 3 is 2.43 bits per heavy atom. The maximum Gasteiger partial charge on any atom is 0.123 e. The summed E-state index contributed by atoms with van der Waals surface area (Å²) in [5, 5.41) is 0. The third-order valence-corrected chi connectivity index (χ3v) is 1.84. The maximum atomic E-state index is 10.0. The van der Waals surface area contributed by atoms with Gasteiger partial charge in [-0.2, -0.15) is 0 Å². The highest BCUT2D eigenvalue weighted by atomic mass is 16.5. The molecule has 0 spiro atoms. The largest absolute Gasteiger partial charge is 0.493 e. The molecule has 78 valence electrons. The first kappa shape index (κ1) is 12.7. The van der Waals surface area contributed by atoms with Gasteiger partial charge in [0.25, 0.3) is 0 Å². The van der Waals surface area contributed by atoms with Gasteiger partial charge in [0.2, 0.25) is 0 Å². The maximum absolute atomic E-state index is 10.0. The first-order chi connectivity index (χ1) is 6.36. The Morgan fingerprint density at radius 1 is 1.29 bits per heavy atom. The molecular weight excluding hydrogens is 176 g/mol. The van der Waals surface area contributed by atoms with Crippen LogP contribution in [-0.2, 0) is 11.2 Å². The quantitative estimate of drug-likeness (QED) is 0.532. The Balaban J connectivity index is 0.00000169. The van der Waals surface area contributed by atoms with Crippen LogP contribution < -0.4 is 4.74 Å². The van der Waals surface area contributed by atoms with Crippen LogP contribution in [0.3, 0.4) is 0 Å². The molecule has 0 saturated carbocycles. The molecule has 1 aromatic rings. The van der Waals surface area contributed by atoms with Crippen molar-refractivity contribution in [3.05, 3.63) is 29.8 Å². The molecule has 0 unspecified atom stereocenters. The fraction of sp³-hybridized carbons (Fsp3) is 0.417. The third-order valence-electron chi connectivity index (χ3n) is 1.84. The summed E-state index contributed by atoms with van der Waals surface area (Å²) in [6.45, 7) is 2.58. The van der Waals surface area contributed by atoms with E-state index in [1.807, 2.05) is 24.3 Å². The SMILES string of the molecule is C.CCc1ccc(OCCC=O)cc1. The van der Waals surface area contributed by atoms with Crippen molar-refractivity contribution in [3.8, 4) is 5.75 Å². The summed E-state index contributed by atoms with van der Waals surface area (Å²) in [6.07, 6.45) is 2.35. The Hall–Kier alpha value is -1.31. The monoisotopic (exact) mass is 194 g/mol. The van der Waals surface area contributed by atoms with E-state index in [0.717, 1.165) is 18.5 Å². The molecule has 0 aromatic heterocycles. The Kier molecular flexibility index (Phi) is 6.46. The molecule has 14 heavy (non-hydrogen) atoms. The van der Waals surface area contributed by atoms with Gasteiger partial charge in [0.05, 0.1) is 6.61 Å². The number of hydrogen-bond donors (Lipinski definition) is 0. The van der Waals surface area contributed by atoms with E-state index in [0.29, 0.717) is 13.0 Å². The van der Waals surface area contributed by atoms with Gasteiger partial charge in [-0.05, 0) is 24.1 Å². The van der Waals surface area contributed by atoms with E-state index < -0.39 is 0 Å². The van der Waals surface area contributed by atoms with E-state index in [1.54, 1.807) is 0 Å². The summed E-state index contributed by atoms with van der Waals surface area (Å²) < 4.78 is 5.31. The van der Waals surface area contributed by atoms with Crippen molar-refractivity contribution in [2.75, 3.05) is 6.61 Å². The molecule has 0 bridgehead atoms. The van der Waals surface area contributed by atoms with Crippen molar-refractivity contribution >= 4 is 6.29 Å².